The molecule has 172 valence electrons. The molecule has 0 N–H and O–H groups in total. The Balaban J connectivity index is 1.24. The Labute approximate surface area is 200 Å². The highest BCUT2D eigenvalue weighted by atomic mass is 32.2. The molecule has 1 aliphatic heterocycles. The molecule has 0 spiro atoms. The van der Waals surface area contributed by atoms with Crippen LogP contribution in [0.4, 0.5) is 4.39 Å². The smallest absolute Gasteiger partial charge is 0.227 e. The Morgan fingerprint density at radius 1 is 1.06 bits per heavy atom. The largest absolute Gasteiger partial charge is 0.339 e. The molecule has 0 saturated carbocycles. The fraction of sp³-hybridized carbons (Fsp3) is 0.391. The van der Waals surface area contributed by atoms with Crippen LogP contribution in [0.15, 0.2) is 51.5 Å². The summed E-state index contributed by atoms with van der Waals surface area (Å²) in [5, 5.41) is 15.9. The Bertz CT molecular complexity index is 1150. The van der Waals surface area contributed by atoms with Gasteiger partial charge in [-0.2, -0.15) is 4.98 Å². The van der Waals surface area contributed by atoms with E-state index in [2.05, 4.69) is 29.8 Å². The lowest BCUT2D eigenvalue weighted by Gasteiger charge is -2.26. The van der Waals surface area contributed by atoms with E-state index in [1.807, 2.05) is 17.5 Å². The van der Waals surface area contributed by atoms with Crippen molar-refractivity contribution >= 4 is 23.1 Å². The molecule has 1 aromatic carbocycles. The van der Waals surface area contributed by atoms with Crippen molar-refractivity contribution in [3.63, 3.8) is 0 Å². The second kappa shape index (κ2) is 10.6. The van der Waals surface area contributed by atoms with Crippen LogP contribution in [-0.4, -0.2) is 48.6 Å². The number of aryl methyl sites for hydroxylation is 1. The molecule has 0 unspecified atom stereocenters. The average molecular weight is 485 g/mol. The number of benzene rings is 1. The Morgan fingerprint density at radius 3 is 2.70 bits per heavy atom. The van der Waals surface area contributed by atoms with Gasteiger partial charge >= 0.3 is 0 Å². The minimum atomic E-state index is -0.250. The van der Waals surface area contributed by atoms with Crippen molar-refractivity contribution in [2.75, 3.05) is 18.8 Å². The zero-order valence-electron chi connectivity index (χ0n) is 18.2. The molecule has 7 nitrogen and oxygen atoms in total. The number of thiophene rings is 1. The molecule has 0 atom stereocenters. The van der Waals surface area contributed by atoms with Crippen molar-refractivity contribution in [2.24, 2.45) is 0 Å². The van der Waals surface area contributed by atoms with Crippen molar-refractivity contribution in [1.29, 1.82) is 0 Å². The minimum absolute atomic E-state index is 0.250. The Morgan fingerprint density at radius 2 is 1.91 bits per heavy atom. The molecule has 4 heterocycles. The summed E-state index contributed by atoms with van der Waals surface area (Å²) in [6.07, 6.45) is 5.30. The molecule has 33 heavy (non-hydrogen) atoms. The number of rotatable bonds is 9. The van der Waals surface area contributed by atoms with E-state index >= 15 is 0 Å². The van der Waals surface area contributed by atoms with Crippen LogP contribution in [0.1, 0.15) is 37.4 Å². The van der Waals surface area contributed by atoms with Gasteiger partial charge in [0, 0.05) is 17.9 Å². The van der Waals surface area contributed by atoms with Gasteiger partial charge in [0.25, 0.3) is 0 Å². The monoisotopic (exact) mass is 484 g/mol. The topological polar surface area (TPSA) is 72.9 Å². The Hall–Kier alpha value is -2.56. The van der Waals surface area contributed by atoms with Crippen molar-refractivity contribution in [2.45, 2.75) is 43.8 Å². The first-order chi connectivity index (χ1) is 16.3. The van der Waals surface area contributed by atoms with Gasteiger partial charge in [-0.15, -0.1) is 21.5 Å². The van der Waals surface area contributed by atoms with Crippen LogP contribution < -0.4 is 0 Å². The summed E-state index contributed by atoms with van der Waals surface area (Å²) in [4.78, 5) is 7.92. The average Bonchev–Trinajstić information content (AvgIpc) is 3.60. The predicted molar refractivity (Wildman–Crippen MR) is 127 cm³/mol. The lowest BCUT2D eigenvalue weighted by Crippen LogP contribution is -2.30. The van der Waals surface area contributed by atoms with Gasteiger partial charge in [0.15, 0.2) is 11.0 Å². The minimum Gasteiger partial charge on any atom is -0.339 e. The van der Waals surface area contributed by atoms with Crippen LogP contribution in [0, 0.1) is 5.82 Å². The third-order valence-corrected chi connectivity index (χ3v) is 7.46. The fourth-order valence-corrected chi connectivity index (χ4v) is 5.47. The van der Waals surface area contributed by atoms with Gasteiger partial charge in [-0.05, 0) is 68.1 Å². The molecule has 0 bridgehead atoms. The molecule has 1 aliphatic rings. The quantitative estimate of drug-likeness (QED) is 0.238. The van der Waals surface area contributed by atoms with Crippen LogP contribution >= 0.6 is 23.1 Å². The maximum absolute atomic E-state index is 13.5. The highest BCUT2D eigenvalue weighted by Gasteiger charge is 2.19. The molecule has 5 rings (SSSR count). The normalized spacial score (nSPS) is 14.7. The van der Waals surface area contributed by atoms with Crippen molar-refractivity contribution in [3.8, 4) is 16.4 Å². The zero-order valence-corrected chi connectivity index (χ0v) is 19.8. The van der Waals surface area contributed by atoms with Crippen LogP contribution in [0.2, 0.25) is 0 Å². The van der Waals surface area contributed by atoms with Crippen molar-refractivity contribution in [3.05, 3.63) is 59.3 Å². The maximum Gasteiger partial charge on any atom is 0.227 e. The molecule has 1 saturated heterocycles. The van der Waals surface area contributed by atoms with Gasteiger partial charge < -0.3 is 4.52 Å². The Kier molecular flexibility index (Phi) is 7.13. The highest BCUT2D eigenvalue weighted by molar-refractivity contribution is 7.99. The van der Waals surface area contributed by atoms with Crippen LogP contribution in [0.3, 0.4) is 0 Å². The van der Waals surface area contributed by atoms with E-state index in [0.29, 0.717) is 18.1 Å². The summed E-state index contributed by atoms with van der Waals surface area (Å²) < 4.78 is 21.0. The molecular formula is C23H25FN6OS2. The number of nitrogens with zero attached hydrogens (tertiary/aromatic N) is 6. The van der Waals surface area contributed by atoms with Crippen molar-refractivity contribution in [1.82, 2.24) is 29.8 Å². The molecular weight excluding hydrogens is 459 g/mol. The second-order valence-electron chi connectivity index (χ2n) is 7.99. The lowest BCUT2D eigenvalue weighted by atomic mass is 10.1. The summed E-state index contributed by atoms with van der Waals surface area (Å²) in [5.41, 5.74) is 0.883. The molecule has 0 radical (unpaired) electrons. The first-order valence-corrected chi connectivity index (χ1v) is 13.0. The summed E-state index contributed by atoms with van der Waals surface area (Å²) in [6, 6.07) is 10.5. The summed E-state index contributed by atoms with van der Waals surface area (Å²) in [5.74, 6) is 2.76. The predicted octanol–water partition coefficient (Wildman–Crippen LogP) is 5.23. The first-order valence-electron chi connectivity index (χ1n) is 11.2. The summed E-state index contributed by atoms with van der Waals surface area (Å²) >= 11 is 3.24. The fourth-order valence-electron chi connectivity index (χ4n) is 3.91. The molecule has 4 aromatic rings. The number of hydrogen-bond acceptors (Lipinski definition) is 8. The van der Waals surface area contributed by atoms with Gasteiger partial charge in [0.05, 0.1) is 11.4 Å². The zero-order chi connectivity index (χ0) is 22.5. The number of piperidine rings is 1. The third kappa shape index (κ3) is 5.51. The lowest BCUT2D eigenvalue weighted by molar-refractivity contribution is 0.214. The highest BCUT2D eigenvalue weighted by Crippen LogP contribution is 2.26. The van der Waals surface area contributed by atoms with Gasteiger partial charge in [0.1, 0.15) is 5.82 Å². The number of hydrogen-bond donors (Lipinski definition) is 0. The van der Waals surface area contributed by atoms with Gasteiger partial charge in [-0.1, -0.05) is 29.4 Å². The SMILES string of the molecule is Fc1ccc(-n2c(CN3CCCCC3)nnc2SCCCc2nc(-c3cccs3)no2)cc1. The molecule has 1 fully saturated rings. The summed E-state index contributed by atoms with van der Waals surface area (Å²) in [6.45, 7) is 2.91. The van der Waals surface area contributed by atoms with E-state index in [1.165, 1.54) is 31.4 Å². The second-order valence-corrected chi connectivity index (χ2v) is 10.00. The van der Waals surface area contributed by atoms with Crippen LogP contribution in [0.25, 0.3) is 16.4 Å². The van der Waals surface area contributed by atoms with Gasteiger partial charge in [0.2, 0.25) is 11.7 Å². The van der Waals surface area contributed by atoms with E-state index in [-0.39, 0.29) is 5.82 Å². The van der Waals surface area contributed by atoms with E-state index in [4.69, 9.17) is 4.52 Å². The molecule has 0 aliphatic carbocycles. The van der Waals surface area contributed by atoms with Crippen molar-refractivity contribution < 1.29 is 8.91 Å². The maximum atomic E-state index is 13.5. The summed E-state index contributed by atoms with van der Waals surface area (Å²) in [7, 11) is 0. The molecule has 3 aromatic heterocycles. The number of likely N-dealkylation sites (tertiary alicyclic amines) is 1. The third-order valence-electron chi connectivity index (χ3n) is 5.57. The molecule has 10 heteroatoms. The standard InChI is InChI=1S/C23H25FN6OS2/c24-17-8-10-18(11-9-17)30-20(16-29-12-2-1-3-13-29)26-27-23(30)33-15-5-7-21-25-22(28-31-21)19-6-4-14-32-19/h4,6,8-11,14H,1-3,5,7,12-13,15-16H2. The number of aromatic nitrogens is 5. The number of halogens is 1. The van der Waals surface area contributed by atoms with Crippen LogP contribution in [-0.2, 0) is 13.0 Å². The van der Waals surface area contributed by atoms with Crippen LogP contribution in [0.5, 0.6) is 0 Å². The van der Waals surface area contributed by atoms with E-state index < -0.39 is 0 Å². The first kappa shape index (κ1) is 22.2. The molecule has 0 amide bonds. The van der Waals surface area contributed by atoms with Gasteiger partial charge in [-0.3, -0.25) is 9.47 Å². The van der Waals surface area contributed by atoms with Gasteiger partial charge in [-0.25, -0.2) is 4.39 Å². The number of thioether (sulfide) groups is 1. The van der Waals surface area contributed by atoms with E-state index in [1.54, 1.807) is 35.2 Å². The van der Waals surface area contributed by atoms with E-state index in [9.17, 15) is 4.39 Å². The van der Waals surface area contributed by atoms with E-state index in [0.717, 1.165) is 53.4 Å².